The normalized spacial score (nSPS) is 11.1. The molecule has 0 fully saturated rings. The van der Waals surface area contributed by atoms with E-state index in [4.69, 9.17) is 9.47 Å². The summed E-state index contributed by atoms with van der Waals surface area (Å²) in [5, 5.41) is 5.02. The molecule has 1 amide bonds. The average Bonchev–Trinajstić information content (AvgIpc) is 2.82. The molecule has 1 heterocycles. The first kappa shape index (κ1) is 24.3. The Labute approximate surface area is 199 Å². The maximum Gasteiger partial charge on any atom is 0.277 e. The molecule has 0 saturated heterocycles. The first-order valence-electron chi connectivity index (χ1n) is 10.7. The van der Waals surface area contributed by atoms with Crippen LogP contribution in [-0.2, 0) is 10.5 Å². The molecule has 0 saturated carbocycles. The van der Waals surface area contributed by atoms with Crippen LogP contribution in [0.5, 0.6) is 11.5 Å². The summed E-state index contributed by atoms with van der Waals surface area (Å²) in [5.74, 6) is 2.29. The van der Waals surface area contributed by atoms with Crippen molar-refractivity contribution >= 4 is 23.9 Å². The number of nitrogens with one attached hydrogen (secondary N) is 1. The largest absolute Gasteiger partial charge is 0.496 e. The van der Waals surface area contributed by atoms with E-state index >= 15 is 0 Å². The molecule has 6 nitrogen and oxygen atoms in total. The standard InChI is InChI=1S/C26H29N3O3S/c1-18(2)21-10-8-19(3)24(14-21)32-16-25(30)29-28-15-20-9-11-23(31-4)22(13-20)17-33-26-7-5-6-12-27-26/h5-15,18H,16-17H2,1-4H3,(H,29,30)/b28-15+. The molecule has 0 radical (unpaired) electrons. The molecular formula is C26H29N3O3S. The van der Waals surface area contributed by atoms with Crippen LogP contribution in [0.3, 0.4) is 0 Å². The van der Waals surface area contributed by atoms with Gasteiger partial charge < -0.3 is 9.47 Å². The quantitative estimate of drug-likeness (QED) is 0.249. The lowest BCUT2D eigenvalue weighted by molar-refractivity contribution is -0.123. The summed E-state index contributed by atoms with van der Waals surface area (Å²) >= 11 is 1.63. The number of carbonyl (C=O) groups is 1. The number of pyridine rings is 1. The van der Waals surface area contributed by atoms with Gasteiger partial charge in [-0.3, -0.25) is 4.79 Å². The van der Waals surface area contributed by atoms with Gasteiger partial charge in [-0.05, 0) is 65.9 Å². The number of hydrogen-bond donors (Lipinski definition) is 1. The maximum absolute atomic E-state index is 12.2. The number of aryl methyl sites for hydroxylation is 1. The fraction of sp³-hybridized carbons (Fsp3) is 0.269. The second kappa shape index (κ2) is 12.1. The van der Waals surface area contributed by atoms with Gasteiger partial charge in [-0.2, -0.15) is 5.10 Å². The van der Waals surface area contributed by atoms with Crippen LogP contribution >= 0.6 is 11.8 Å². The third-order valence-electron chi connectivity index (χ3n) is 4.96. The molecular weight excluding hydrogens is 434 g/mol. The zero-order valence-corrected chi connectivity index (χ0v) is 20.2. The van der Waals surface area contributed by atoms with Crippen LogP contribution in [0.4, 0.5) is 0 Å². The minimum Gasteiger partial charge on any atom is -0.496 e. The van der Waals surface area contributed by atoms with Crippen molar-refractivity contribution in [1.82, 2.24) is 10.4 Å². The molecule has 172 valence electrons. The van der Waals surface area contributed by atoms with E-state index in [2.05, 4.69) is 35.4 Å². The lowest BCUT2D eigenvalue weighted by atomic mass is 10.0. The van der Waals surface area contributed by atoms with E-state index in [-0.39, 0.29) is 12.5 Å². The Morgan fingerprint density at radius 3 is 2.73 bits per heavy atom. The molecule has 0 aliphatic carbocycles. The molecule has 0 aliphatic rings. The number of nitrogens with zero attached hydrogens (tertiary/aromatic N) is 2. The number of hydrazone groups is 1. The summed E-state index contributed by atoms with van der Waals surface area (Å²) in [7, 11) is 1.65. The van der Waals surface area contributed by atoms with Gasteiger partial charge >= 0.3 is 0 Å². The van der Waals surface area contributed by atoms with Crippen molar-refractivity contribution in [2.24, 2.45) is 5.10 Å². The second-order valence-electron chi connectivity index (χ2n) is 7.79. The summed E-state index contributed by atoms with van der Waals surface area (Å²) in [6.45, 7) is 6.10. The third-order valence-corrected chi connectivity index (χ3v) is 5.95. The fourth-order valence-corrected chi connectivity index (χ4v) is 3.90. The Kier molecular flexibility index (Phi) is 8.89. The van der Waals surface area contributed by atoms with Crippen LogP contribution in [-0.4, -0.2) is 30.8 Å². The minimum absolute atomic E-state index is 0.103. The summed E-state index contributed by atoms with van der Waals surface area (Å²) in [6.07, 6.45) is 3.38. The molecule has 0 atom stereocenters. The molecule has 0 bridgehead atoms. The molecule has 33 heavy (non-hydrogen) atoms. The monoisotopic (exact) mass is 463 g/mol. The number of hydrogen-bond acceptors (Lipinski definition) is 6. The van der Waals surface area contributed by atoms with Gasteiger partial charge in [0.05, 0.1) is 18.4 Å². The lowest BCUT2D eigenvalue weighted by Crippen LogP contribution is -2.24. The smallest absolute Gasteiger partial charge is 0.277 e. The van der Waals surface area contributed by atoms with E-state index in [9.17, 15) is 4.79 Å². The van der Waals surface area contributed by atoms with Crippen molar-refractivity contribution in [3.8, 4) is 11.5 Å². The first-order chi connectivity index (χ1) is 16.0. The van der Waals surface area contributed by atoms with Gasteiger partial charge in [0.1, 0.15) is 11.5 Å². The van der Waals surface area contributed by atoms with Gasteiger partial charge in [0, 0.05) is 17.5 Å². The average molecular weight is 464 g/mol. The maximum atomic E-state index is 12.2. The van der Waals surface area contributed by atoms with E-state index in [0.29, 0.717) is 17.4 Å². The summed E-state index contributed by atoms with van der Waals surface area (Å²) in [5.41, 5.74) is 6.56. The number of thioether (sulfide) groups is 1. The Morgan fingerprint density at radius 1 is 1.15 bits per heavy atom. The zero-order chi connectivity index (χ0) is 23.6. The number of methoxy groups -OCH3 is 1. The fourth-order valence-electron chi connectivity index (χ4n) is 3.06. The number of carbonyl (C=O) groups excluding carboxylic acids is 1. The van der Waals surface area contributed by atoms with Gasteiger partial charge in [-0.15, -0.1) is 11.8 Å². The summed E-state index contributed by atoms with van der Waals surface area (Å²) < 4.78 is 11.2. The Morgan fingerprint density at radius 2 is 2.00 bits per heavy atom. The van der Waals surface area contributed by atoms with E-state index in [1.165, 1.54) is 5.56 Å². The number of benzene rings is 2. The van der Waals surface area contributed by atoms with E-state index in [0.717, 1.165) is 27.5 Å². The molecule has 0 unspecified atom stereocenters. The van der Waals surface area contributed by atoms with Gasteiger partial charge in [0.2, 0.25) is 0 Å². The SMILES string of the molecule is COc1ccc(/C=N/NC(=O)COc2cc(C(C)C)ccc2C)cc1CSc1ccccn1. The number of amides is 1. The third kappa shape index (κ3) is 7.36. The highest BCUT2D eigenvalue weighted by molar-refractivity contribution is 7.98. The van der Waals surface area contributed by atoms with Crippen molar-refractivity contribution in [3.05, 3.63) is 83.0 Å². The van der Waals surface area contributed by atoms with Gasteiger partial charge in [-0.25, -0.2) is 10.4 Å². The van der Waals surface area contributed by atoms with E-state index in [1.54, 1.807) is 31.3 Å². The van der Waals surface area contributed by atoms with Crippen LogP contribution in [0.2, 0.25) is 0 Å². The van der Waals surface area contributed by atoms with Crippen LogP contribution < -0.4 is 14.9 Å². The van der Waals surface area contributed by atoms with Crippen LogP contribution in [0.1, 0.15) is 42.0 Å². The Balaban J connectivity index is 1.56. The number of aromatic nitrogens is 1. The van der Waals surface area contributed by atoms with E-state index in [1.807, 2.05) is 55.5 Å². The van der Waals surface area contributed by atoms with Crippen LogP contribution in [0, 0.1) is 6.92 Å². The topological polar surface area (TPSA) is 72.8 Å². The molecule has 1 aromatic heterocycles. The highest BCUT2D eigenvalue weighted by atomic mass is 32.2. The van der Waals surface area contributed by atoms with Crippen molar-refractivity contribution < 1.29 is 14.3 Å². The summed E-state index contributed by atoms with van der Waals surface area (Å²) in [4.78, 5) is 16.5. The Hall–Kier alpha value is -3.32. The van der Waals surface area contributed by atoms with Crippen LogP contribution in [0.25, 0.3) is 0 Å². The molecule has 3 rings (SSSR count). The highest BCUT2D eigenvalue weighted by Crippen LogP contribution is 2.27. The minimum atomic E-state index is -0.319. The predicted octanol–water partition coefficient (Wildman–Crippen LogP) is 5.34. The second-order valence-corrected chi connectivity index (χ2v) is 8.79. The first-order valence-corrected chi connectivity index (χ1v) is 11.7. The summed E-state index contributed by atoms with van der Waals surface area (Å²) in [6, 6.07) is 17.7. The molecule has 3 aromatic rings. The predicted molar refractivity (Wildman–Crippen MR) is 133 cm³/mol. The zero-order valence-electron chi connectivity index (χ0n) is 19.4. The van der Waals surface area contributed by atoms with Gasteiger partial charge in [-0.1, -0.05) is 32.0 Å². The van der Waals surface area contributed by atoms with Crippen molar-refractivity contribution in [2.45, 2.75) is 37.5 Å². The molecule has 0 aliphatic heterocycles. The molecule has 1 N–H and O–H groups in total. The molecule has 7 heteroatoms. The lowest BCUT2D eigenvalue weighted by Gasteiger charge is -2.12. The van der Waals surface area contributed by atoms with E-state index < -0.39 is 0 Å². The highest BCUT2D eigenvalue weighted by Gasteiger charge is 2.08. The van der Waals surface area contributed by atoms with Crippen LogP contribution in [0.15, 0.2) is 70.9 Å². The number of rotatable bonds is 10. The van der Waals surface area contributed by atoms with Gasteiger partial charge in [0.25, 0.3) is 5.91 Å². The molecule has 2 aromatic carbocycles. The molecule has 0 spiro atoms. The Bertz CT molecular complexity index is 1100. The van der Waals surface area contributed by atoms with Crippen molar-refractivity contribution in [2.75, 3.05) is 13.7 Å². The van der Waals surface area contributed by atoms with Gasteiger partial charge in [0.15, 0.2) is 6.61 Å². The number of ether oxygens (including phenoxy) is 2. The van der Waals surface area contributed by atoms with Crippen molar-refractivity contribution in [3.63, 3.8) is 0 Å². The van der Waals surface area contributed by atoms with Crippen molar-refractivity contribution in [1.29, 1.82) is 0 Å².